The maximum Gasteiger partial charge on any atom is 0.339 e. The molecule has 2 heterocycles. The minimum absolute atomic E-state index is 0.0877. The highest BCUT2D eigenvalue weighted by molar-refractivity contribution is 7.91. The number of amides is 1. The van der Waals surface area contributed by atoms with E-state index < -0.39 is 15.5 Å². The molecule has 1 saturated heterocycles. The predicted octanol–water partition coefficient (Wildman–Crippen LogP) is 2.48. The zero-order valence-corrected chi connectivity index (χ0v) is 17.5. The first-order valence-corrected chi connectivity index (χ1v) is 11.1. The number of likely N-dealkylation sites (N-methyl/N-ethyl adjacent to an activating group) is 1. The molecule has 7 nitrogen and oxygen atoms in total. The summed E-state index contributed by atoms with van der Waals surface area (Å²) < 4.78 is 33.9. The van der Waals surface area contributed by atoms with Gasteiger partial charge < -0.3 is 14.1 Å². The number of nitrogens with zero attached hydrogens (tertiary/aromatic N) is 1. The van der Waals surface area contributed by atoms with Gasteiger partial charge in [0, 0.05) is 30.1 Å². The number of carbonyl (C=O) groups excluding carboxylic acids is 1. The SMILES string of the molecule is Cc1c(C)c2cc(Cl)c(OCC(=O)N(C)C3CCS(=O)(=O)CC3)cc2oc1=O. The summed E-state index contributed by atoms with van der Waals surface area (Å²) >= 11 is 6.27. The van der Waals surface area contributed by atoms with E-state index in [2.05, 4.69) is 0 Å². The number of rotatable bonds is 4. The second kappa shape index (κ2) is 7.75. The molecule has 2 aromatic rings. The largest absolute Gasteiger partial charge is 0.482 e. The fourth-order valence-corrected chi connectivity index (χ4v) is 4.95. The summed E-state index contributed by atoms with van der Waals surface area (Å²) in [7, 11) is -1.35. The molecule has 0 unspecified atom stereocenters. The number of hydrogen-bond acceptors (Lipinski definition) is 6. The Morgan fingerprint density at radius 3 is 2.54 bits per heavy atom. The predicted molar refractivity (Wildman–Crippen MR) is 107 cm³/mol. The third kappa shape index (κ3) is 4.17. The van der Waals surface area contributed by atoms with Crippen LogP contribution >= 0.6 is 11.6 Å². The molecule has 0 radical (unpaired) electrons. The van der Waals surface area contributed by atoms with E-state index in [0.29, 0.717) is 34.4 Å². The van der Waals surface area contributed by atoms with Crippen molar-refractivity contribution in [3.05, 3.63) is 38.7 Å². The minimum atomic E-state index is -2.99. The molecular weight excluding hydrogens is 406 g/mol. The molecule has 9 heteroatoms. The Hall–Kier alpha value is -2.06. The van der Waals surface area contributed by atoms with Crippen LogP contribution in [-0.2, 0) is 14.6 Å². The Bertz CT molecular complexity index is 1080. The van der Waals surface area contributed by atoms with E-state index in [9.17, 15) is 18.0 Å². The van der Waals surface area contributed by atoms with Crippen molar-refractivity contribution >= 4 is 38.3 Å². The zero-order chi connectivity index (χ0) is 20.6. The molecule has 1 aliphatic rings. The van der Waals surface area contributed by atoms with E-state index in [1.807, 2.05) is 6.92 Å². The fourth-order valence-electron chi connectivity index (χ4n) is 3.26. The highest BCUT2D eigenvalue weighted by atomic mass is 35.5. The average Bonchev–Trinajstić information content (AvgIpc) is 2.64. The summed E-state index contributed by atoms with van der Waals surface area (Å²) in [6, 6.07) is 3.03. The average molecular weight is 428 g/mol. The zero-order valence-electron chi connectivity index (χ0n) is 16.0. The molecule has 0 saturated carbocycles. The number of hydrogen-bond donors (Lipinski definition) is 0. The van der Waals surface area contributed by atoms with Gasteiger partial charge in [-0.3, -0.25) is 4.79 Å². The molecule has 1 fully saturated rings. The van der Waals surface area contributed by atoms with E-state index in [4.69, 9.17) is 20.8 Å². The molecule has 0 aliphatic carbocycles. The molecule has 1 amide bonds. The van der Waals surface area contributed by atoms with Crippen LogP contribution in [0.15, 0.2) is 21.3 Å². The van der Waals surface area contributed by atoms with Crippen molar-refractivity contribution in [2.45, 2.75) is 32.7 Å². The lowest BCUT2D eigenvalue weighted by Gasteiger charge is -2.31. The fraction of sp³-hybridized carbons (Fsp3) is 0.474. The number of carbonyl (C=O) groups is 1. The van der Waals surface area contributed by atoms with Gasteiger partial charge in [0.25, 0.3) is 5.91 Å². The number of ether oxygens (including phenoxy) is 1. The highest BCUT2D eigenvalue weighted by Gasteiger charge is 2.28. The topological polar surface area (TPSA) is 93.9 Å². The summed E-state index contributed by atoms with van der Waals surface area (Å²) in [4.78, 5) is 25.8. The molecule has 0 bridgehead atoms. The molecule has 0 spiro atoms. The van der Waals surface area contributed by atoms with Crippen LogP contribution in [0.1, 0.15) is 24.0 Å². The van der Waals surface area contributed by atoms with Crippen LogP contribution in [0.2, 0.25) is 5.02 Å². The Morgan fingerprint density at radius 1 is 1.25 bits per heavy atom. The molecule has 1 aromatic heterocycles. The Kier molecular flexibility index (Phi) is 5.72. The summed E-state index contributed by atoms with van der Waals surface area (Å²) in [6.45, 7) is 3.25. The molecule has 1 aromatic carbocycles. The second-order valence-electron chi connectivity index (χ2n) is 7.09. The number of benzene rings is 1. The van der Waals surface area contributed by atoms with E-state index >= 15 is 0 Å². The van der Waals surface area contributed by atoms with Crippen molar-refractivity contribution < 1.29 is 22.4 Å². The van der Waals surface area contributed by atoms with Gasteiger partial charge in [0.2, 0.25) is 0 Å². The van der Waals surface area contributed by atoms with Crippen LogP contribution in [0.3, 0.4) is 0 Å². The van der Waals surface area contributed by atoms with Crippen molar-refractivity contribution in [2.24, 2.45) is 0 Å². The maximum atomic E-state index is 12.4. The third-order valence-corrected chi connectivity index (χ3v) is 7.34. The molecular formula is C19H22ClNO6S. The van der Waals surface area contributed by atoms with E-state index in [-0.39, 0.29) is 35.8 Å². The first-order chi connectivity index (χ1) is 13.1. The Balaban J connectivity index is 1.72. The van der Waals surface area contributed by atoms with Crippen molar-refractivity contribution in [2.75, 3.05) is 25.2 Å². The van der Waals surface area contributed by atoms with Crippen molar-refractivity contribution in [1.29, 1.82) is 0 Å². The molecule has 0 N–H and O–H groups in total. The lowest BCUT2D eigenvalue weighted by atomic mass is 10.1. The molecule has 152 valence electrons. The van der Waals surface area contributed by atoms with Gasteiger partial charge in [0.15, 0.2) is 6.61 Å². The Labute approximate surface area is 168 Å². The quantitative estimate of drug-likeness (QED) is 0.696. The smallest absolute Gasteiger partial charge is 0.339 e. The summed E-state index contributed by atoms with van der Waals surface area (Å²) in [5.41, 5.74) is 1.21. The Morgan fingerprint density at radius 2 is 1.89 bits per heavy atom. The summed E-state index contributed by atoms with van der Waals surface area (Å²) in [5, 5.41) is 1.02. The summed E-state index contributed by atoms with van der Waals surface area (Å²) in [6.07, 6.45) is 0.843. The number of fused-ring (bicyclic) bond motifs is 1. The lowest BCUT2D eigenvalue weighted by Crippen LogP contribution is -2.44. The van der Waals surface area contributed by atoms with Crippen molar-refractivity contribution in [3.63, 3.8) is 0 Å². The van der Waals surface area contributed by atoms with Gasteiger partial charge >= 0.3 is 5.63 Å². The van der Waals surface area contributed by atoms with Crippen LogP contribution in [0.5, 0.6) is 5.75 Å². The number of aryl methyl sites for hydroxylation is 1. The third-order valence-electron chi connectivity index (χ3n) is 5.33. The standard InChI is InChI=1S/C19H22ClNO6S/c1-11-12(2)19(23)27-16-9-17(15(20)8-14(11)16)26-10-18(22)21(3)13-4-6-28(24,25)7-5-13/h8-9,13H,4-7,10H2,1-3H3. The second-order valence-corrected chi connectivity index (χ2v) is 9.81. The van der Waals surface area contributed by atoms with Crippen LogP contribution in [0.4, 0.5) is 0 Å². The van der Waals surface area contributed by atoms with Gasteiger partial charge in [0.05, 0.1) is 16.5 Å². The monoisotopic (exact) mass is 427 g/mol. The molecule has 1 aliphatic heterocycles. The van der Waals surface area contributed by atoms with Crippen molar-refractivity contribution in [3.8, 4) is 5.75 Å². The first-order valence-electron chi connectivity index (χ1n) is 8.91. The highest BCUT2D eigenvalue weighted by Crippen LogP contribution is 2.32. The lowest BCUT2D eigenvalue weighted by molar-refractivity contribution is -0.134. The van der Waals surface area contributed by atoms with Crippen LogP contribution in [0, 0.1) is 13.8 Å². The van der Waals surface area contributed by atoms with Gasteiger partial charge in [-0.2, -0.15) is 0 Å². The van der Waals surface area contributed by atoms with E-state index in [1.54, 1.807) is 20.0 Å². The molecule has 3 rings (SSSR count). The summed E-state index contributed by atoms with van der Waals surface area (Å²) in [5.74, 6) is 0.144. The first kappa shape index (κ1) is 20.7. The molecule has 28 heavy (non-hydrogen) atoms. The maximum absolute atomic E-state index is 12.4. The van der Waals surface area contributed by atoms with Crippen LogP contribution in [-0.4, -0.2) is 50.4 Å². The van der Waals surface area contributed by atoms with E-state index in [0.717, 1.165) is 5.56 Å². The van der Waals surface area contributed by atoms with Gasteiger partial charge in [-0.05, 0) is 38.3 Å². The number of halogens is 1. The van der Waals surface area contributed by atoms with Gasteiger partial charge in [0.1, 0.15) is 21.2 Å². The molecule has 0 atom stereocenters. The van der Waals surface area contributed by atoms with Crippen LogP contribution < -0.4 is 10.4 Å². The van der Waals surface area contributed by atoms with Crippen molar-refractivity contribution in [1.82, 2.24) is 4.90 Å². The van der Waals surface area contributed by atoms with Gasteiger partial charge in [-0.15, -0.1) is 0 Å². The number of sulfone groups is 1. The van der Waals surface area contributed by atoms with Gasteiger partial charge in [-0.25, -0.2) is 13.2 Å². The van der Waals surface area contributed by atoms with E-state index in [1.165, 1.54) is 11.0 Å². The normalized spacial score (nSPS) is 16.9. The van der Waals surface area contributed by atoms with Crippen LogP contribution in [0.25, 0.3) is 11.0 Å². The minimum Gasteiger partial charge on any atom is -0.482 e. The van der Waals surface area contributed by atoms with Gasteiger partial charge in [-0.1, -0.05) is 11.6 Å².